The molecule has 0 aliphatic carbocycles. The van der Waals surface area contributed by atoms with Crippen molar-refractivity contribution in [2.24, 2.45) is 0 Å². The van der Waals surface area contributed by atoms with Gasteiger partial charge in [0.15, 0.2) is 6.29 Å². The number of amides is 3. The molecule has 0 radical (unpaired) electrons. The van der Waals surface area contributed by atoms with Gasteiger partial charge in [0.25, 0.3) is 0 Å². The van der Waals surface area contributed by atoms with Crippen molar-refractivity contribution < 1.29 is 23.9 Å². The summed E-state index contributed by atoms with van der Waals surface area (Å²) in [6.07, 6.45) is 6.57. The number of aryl methyl sites for hydroxylation is 1. The fourth-order valence-corrected chi connectivity index (χ4v) is 4.70. The van der Waals surface area contributed by atoms with Gasteiger partial charge >= 0.3 is 6.03 Å². The molecule has 2 aliphatic rings. The first-order valence-corrected chi connectivity index (χ1v) is 12.9. The van der Waals surface area contributed by atoms with Gasteiger partial charge in [-0.2, -0.15) is 5.26 Å². The molecule has 2 aliphatic heterocycles. The minimum Gasteiger partial charge on any atom is -0.384 e. The van der Waals surface area contributed by atoms with E-state index in [1.165, 1.54) is 35.7 Å². The van der Waals surface area contributed by atoms with Crippen LogP contribution in [0.2, 0.25) is 0 Å². The first-order chi connectivity index (χ1) is 18.1. The lowest BCUT2D eigenvalue weighted by atomic mass is 10.0. The van der Waals surface area contributed by atoms with Crippen molar-refractivity contribution in [1.82, 2.24) is 15.3 Å². The van der Waals surface area contributed by atoms with Crippen LogP contribution >= 0.6 is 11.8 Å². The molecule has 3 amide bonds. The quantitative estimate of drug-likeness (QED) is 0.286. The third kappa shape index (κ3) is 7.98. The minimum absolute atomic E-state index is 0.172. The van der Waals surface area contributed by atoms with Crippen LogP contribution in [-0.2, 0) is 27.2 Å². The Hall–Kier alpha value is -3.53. The van der Waals surface area contributed by atoms with E-state index in [1.54, 1.807) is 19.2 Å². The zero-order chi connectivity index (χ0) is 26.5. The normalized spacial score (nSPS) is 14.0. The number of pyridine rings is 2. The average molecular weight is 527 g/mol. The number of aromatic nitrogens is 2. The highest BCUT2D eigenvalue weighted by atomic mass is 32.2. The fourth-order valence-electron chi connectivity index (χ4n) is 3.78. The number of fused-ring (bicyclic) bond motifs is 1. The van der Waals surface area contributed by atoms with E-state index in [9.17, 15) is 19.6 Å². The van der Waals surface area contributed by atoms with Gasteiger partial charge in [-0.25, -0.2) is 14.8 Å². The molecule has 1 saturated heterocycles. The number of carbonyl (C=O) groups is 3. The lowest BCUT2D eigenvalue weighted by Gasteiger charge is -2.29. The number of urea groups is 1. The maximum absolute atomic E-state index is 13.0. The van der Waals surface area contributed by atoms with Crippen LogP contribution in [0.4, 0.5) is 16.4 Å². The highest BCUT2D eigenvalue weighted by Gasteiger charge is 2.26. The molecular formula is C25H30N6O5S. The Balaban J connectivity index is 0.000000678. The van der Waals surface area contributed by atoms with Crippen LogP contribution in [0, 0.1) is 11.3 Å². The maximum Gasteiger partial charge on any atom is 0.328 e. The first kappa shape index (κ1) is 28.0. The van der Waals surface area contributed by atoms with Crippen molar-refractivity contribution in [3.8, 4) is 6.07 Å². The molecule has 196 valence electrons. The molecule has 0 atom stereocenters. The molecule has 2 aromatic heterocycles. The number of nitriles is 1. The van der Waals surface area contributed by atoms with Crippen LogP contribution in [-0.4, -0.2) is 67.9 Å². The Morgan fingerprint density at radius 3 is 2.76 bits per heavy atom. The van der Waals surface area contributed by atoms with E-state index < -0.39 is 6.03 Å². The lowest BCUT2D eigenvalue weighted by Crippen LogP contribution is -2.40. The van der Waals surface area contributed by atoms with Gasteiger partial charge in [0.2, 0.25) is 6.41 Å². The zero-order valence-corrected chi connectivity index (χ0v) is 21.5. The lowest BCUT2D eigenvalue weighted by molar-refractivity contribution is -0.109. The Kier molecular flexibility index (Phi) is 11.3. The molecule has 12 heteroatoms. The highest BCUT2D eigenvalue weighted by molar-refractivity contribution is 7.99. The maximum atomic E-state index is 13.0. The molecule has 2 N–H and O–H groups in total. The van der Waals surface area contributed by atoms with Gasteiger partial charge < -0.3 is 14.8 Å². The number of nitrogens with one attached hydrogen (secondary N) is 2. The molecular weight excluding hydrogens is 496 g/mol. The zero-order valence-electron chi connectivity index (χ0n) is 20.7. The average Bonchev–Trinajstić information content (AvgIpc) is 3.52. The number of rotatable bonds is 9. The van der Waals surface area contributed by atoms with Gasteiger partial charge in [-0.1, -0.05) is 0 Å². The summed E-state index contributed by atoms with van der Waals surface area (Å²) in [6.45, 7) is 3.14. The monoisotopic (exact) mass is 526 g/mol. The van der Waals surface area contributed by atoms with Crippen LogP contribution in [0.25, 0.3) is 0 Å². The Morgan fingerprint density at radius 2 is 2.11 bits per heavy atom. The van der Waals surface area contributed by atoms with Crippen LogP contribution in [0.1, 0.15) is 46.4 Å². The summed E-state index contributed by atoms with van der Waals surface area (Å²) in [5, 5.41) is 14.6. The number of aldehydes is 1. The van der Waals surface area contributed by atoms with E-state index in [0.29, 0.717) is 65.7 Å². The summed E-state index contributed by atoms with van der Waals surface area (Å²) in [4.78, 5) is 45.8. The van der Waals surface area contributed by atoms with E-state index in [1.807, 2.05) is 0 Å². The number of hydrogen-bond acceptors (Lipinski definition) is 9. The number of carbonyl (C=O) groups excluding carboxylic acids is 3. The summed E-state index contributed by atoms with van der Waals surface area (Å²) < 4.78 is 9.99. The van der Waals surface area contributed by atoms with Crippen LogP contribution in [0.3, 0.4) is 0 Å². The Labute approximate surface area is 219 Å². The number of nitrogens with zero attached hydrogens (tertiary/aromatic N) is 4. The topological polar surface area (TPSA) is 147 Å². The second-order valence-corrected chi connectivity index (χ2v) is 9.29. The molecule has 0 unspecified atom stereocenters. The van der Waals surface area contributed by atoms with Crippen molar-refractivity contribution >= 4 is 42.1 Å². The first-order valence-electron chi connectivity index (χ1n) is 11.9. The molecule has 4 heterocycles. The van der Waals surface area contributed by atoms with Gasteiger partial charge in [0.05, 0.1) is 12.2 Å². The predicted molar refractivity (Wildman–Crippen MR) is 139 cm³/mol. The summed E-state index contributed by atoms with van der Waals surface area (Å²) in [5.74, 6) is 1.37. The Morgan fingerprint density at radius 1 is 1.30 bits per heavy atom. The molecule has 0 saturated carbocycles. The smallest absolute Gasteiger partial charge is 0.328 e. The molecule has 1 fully saturated rings. The van der Waals surface area contributed by atoms with Crippen LogP contribution in [0.15, 0.2) is 23.2 Å². The highest BCUT2D eigenvalue weighted by Crippen LogP contribution is 2.29. The van der Waals surface area contributed by atoms with Crippen LogP contribution in [0.5, 0.6) is 0 Å². The standard InChI is InChI=1S/C21H22N6O4S.C4H8O/c1-31-5-6-32-18-8-19(24-11-16(18)9-22)26-21(30)27-4-2-3-14-7-15(10-23-13-29)17(12-28)25-20(14)27;1-2-4-5-3-1/h7-8,11-13H,2-6,10H2,1H3,(H,23,29)(H,24,26,30);1-4H2. The molecule has 2 aromatic rings. The summed E-state index contributed by atoms with van der Waals surface area (Å²) in [6, 6.07) is 5.11. The van der Waals surface area contributed by atoms with Crippen molar-refractivity contribution in [2.75, 3.05) is 49.4 Å². The third-order valence-electron chi connectivity index (χ3n) is 5.60. The van der Waals surface area contributed by atoms with Gasteiger partial charge in [-0.15, -0.1) is 11.8 Å². The number of hydrogen-bond donors (Lipinski definition) is 2. The summed E-state index contributed by atoms with van der Waals surface area (Å²) >= 11 is 1.44. The van der Waals surface area contributed by atoms with Gasteiger partial charge in [-0.05, 0) is 43.4 Å². The van der Waals surface area contributed by atoms with E-state index in [0.717, 1.165) is 25.2 Å². The summed E-state index contributed by atoms with van der Waals surface area (Å²) in [5.41, 5.74) is 2.01. The Bertz CT molecular complexity index is 1130. The van der Waals surface area contributed by atoms with Gasteiger partial charge in [0, 0.05) is 55.8 Å². The molecule has 0 spiro atoms. The number of ether oxygens (including phenoxy) is 2. The number of methoxy groups -OCH3 is 1. The third-order valence-corrected chi connectivity index (χ3v) is 6.62. The second-order valence-electron chi connectivity index (χ2n) is 8.16. The molecule has 4 rings (SSSR count). The largest absolute Gasteiger partial charge is 0.384 e. The second kappa shape index (κ2) is 14.9. The molecule has 0 aromatic carbocycles. The molecule has 0 bridgehead atoms. The summed E-state index contributed by atoms with van der Waals surface area (Å²) in [7, 11) is 1.60. The van der Waals surface area contributed by atoms with E-state index >= 15 is 0 Å². The van der Waals surface area contributed by atoms with Crippen molar-refractivity contribution in [3.63, 3.8) is 0 Å². The molecule has 37 heavy (non-hydrogen) atoms. The van der Waals surface area contributed by atoms with Crippen molar-refractivity contribution in [2.45, 2.75) is 37.1 Å². The fraction of sp³-hybridized carbons (Fsp3) is 0.440. The van der Waals surface area contributed by atoms with E-state index in [4.69, 9.17) is 9.47 Å². The SMILES string of the molecule is C1CCOC1.COCCSc1cc(NC(=O)N2CCCc3cc(CNC=O)c(C=O)nc32)ncc1C#N. The predicted octanol–water partition coefficient (Wildman–Crippen LogP) is 2.93. The number of thioether (sulfide) groups is 1. The van der Waals surface area contributed by atoms with E-state index in [-0.39, 0.29) is 12.2 Å². The van der Waals surface area contributed by atoms with Crippen molar-refractivity contribution in [3.05, 3.63) is 40.7 Å². The van der Waals surface area contributed by atoms with Crippen LogP contribution < -0.4 is 15.5 Å². The van der Waals surface area contributed by atoms with Crippen molar-refractivity contribution in [1.29, 1.82) is 5.26 Å². The van der Waals surface area contributed by atoms with E-state index in [2.05, 4.69) is 26.7 Å². The molecule has 11 nitrogen and oxygen atoms in total. The minimum atomic E-state index is -0.431. The van der Waals surface area contributed by atoms with Gasteiger partial charge in [0.1, 0.15) is 23.4 Å². The number of anilines is 2. The van der Waals surface area contributed by atoms with Gasteiger partial charge in [-0.3, -0.25) is 19.8 Å².